The van der Waals surface area contributed by atoms with Crippen LogP contribution in [0.1, 0.15) is 22.4 Å². The first-order valence-corrected chi connectivity index (χ1v) is 14.4. The quantitative estimate of drug-likeness (QED) is 0.443. The molecule has 0 radical (unpaired) electrons. The molecule has 0 saturated heterocycles. The number of sulfonamides is 1. The number of aryl methyl sites for hydroxylation is 3. The lowest BCUT2D eigenvalue weighted by molar-refractivity contribution is -0.112. The Bertz CT molecular complexity index is 1560. The molecule has 37 heavy (non-hydrogen) atoms. The number of hydrogen-bond acceptors (Lipinski definition) is 9. The highest BCUT2D eigenvalue weighted by molar-refractivity contribution is 7.96. The van der Waals surface area contributed by atoms with E-state index in [0.29, 0.717) is 28.1 Å². The van der Waals surface area contributed by atoms with Crippen molar-refractivity contribution in [1.29, 1.82) is 0 Å². The van der Waals surface area contributed by atoms with Crippen molar-refractivity contribution >= 4 is 66.5 Å². The van der Waals surface area contributed by atoms with E-state index in [0.717, 1.165) is 4.31 Å². The van der Waals surface area contributed by atoms with E-state index in [9.17, 15) is 21.6 Å². The smallest absolute Gasteiger partial charge is 0.370 e. The van der Waals surface area contributed by atoms with Gasteiger partial charge in [0.05, 0.1) is 16.1 Å². The number of carbonyl (C=O) groups is 1. The van der Waals surface area contributed by atoms with Crippen LogP contribution >= 0.6 is 23.8 Å². The topological polar surface area (TPSA) is 148 Å². The Hall–Kier alpha value is -2.78. The highest BCUT2D eigenvalue weighted by Gasteiger charge is 2.35. The maximum atomic E-state index is 13.2. The van der Waals surface area contributed by atoms with Crippen LogP contribution in [0.25, 0.3) is 0 Å². The average Bonchev–Trinajstić information content (AvgIpc) is 3.10. The molecule has 1 amide bonds. The number of carbonyl (C=O) groups excluding carboxylic acids is 1. The molecule has 1 aromatic heterocycles. The third-order valence-corrected chi connectivity index (χ3v) is 9.32. The highest BCUT2D eigenvalue weighted by Crippen LogP contribution is 2.35. The number of anilines is 2. The van der Waals surface area contributed by atoms with Crippen LogP contribution in [-0.2, 0) is 25.1 Å². The summed E-state index contributed by atoms with van der Waals surface area (Å²) < 4.78 is 63.9. The summed E-state index contributed by atoms with van der Waals surface area (Å²) in [5.41, 5.74) is 2.10. The van der Waals surface area contributed by atoms with Gasteiger partial charge >= 0.3 is 10.3 Å². The van der Waals surface area contributed by atoms with E-state index in [1.807, 2.05) is 0 Å². The molecule has 1 aromatic carbocycles. The van der Waals surface area contributed by atoms with Crippen LogP contribution in [0.15, 0.2) is 34.4 Å². The van der Waals surface area contributed by atoms with Gasteiger partial charge in [-0.2, -0.15) is 12.7 Å². The second kappa shape index (κ2) is 10.5. The molecule has 3 rings (SSSR count). The molecular weight excluding hydrogens is 564 g/mol. The number of aromatic nitrogens is 1. The van der Waals surface area contributed by atoms with E-state index in [-0.39, 0.29) is 27.1 Å². The number of thiocarbonyl (C=S) groups is 1. The molecule has 0 bridgehead atoms. The molecule has 0 fully saturated rings. The first kappa shape index (κ1) is 28.8. The second-order valence-electron chi connectivity index (χ2n) is 8.43. The molecule has 0 spiro atoms. The molecule has 2 aromatic rings. The van der Waals surface area contributed by atoms with Crippen LogP contribution in [0.3, 0.4) is 0 Å². The molecule has 1 unspecified atom stereocenters. The van der Waals surface area contributed by atoms with Crippen LogP contribution in [0.2, 0.25) is 5.02 Å². The summed E-state index contributed by atoms with van der Waals surface area (Å²) in [6.45, 7) is 6.55. The van der Waals surface area contributed by atoms with Crippen molar-refractivity contribution in [1.82, 2.24) is 9.46 Å². The van der Waals surface area contributed by atoms with E-state index in [1.54, 1.807) is 33.8 Å². The van der Waals surface area contributed by atoms with Gasteiger partial charge in [-0.25, -0.2) is 13.1 Å². The zero-order chi connectivity index (χ0) is 27.9. The minimum Gasteiger partial charge on any atom is -0.370 e. The fourth-order valence-electron chi connectivity index (χ4n) is 3.47. The van der Waals surface area contributed by atoms with Gasteiger partial charge in [0.2, 0.25) is 10.0 Å². The van der Waals surface area contributed by atoms with Crippen LogP contribution in [0, 0.1) is 27.7 Å². The Morgan fingerprint density at radius 1 is 1.16 bits per heavy atom. The van der Waals surface area contributed by atoms with Crippen LogP contribution < -0.4 is 14.2 Å². The summed E-state index contributed by atoms with van der Waals surface area (Å²) in [4.78, 5) is 13.1. The standard InChI is InChI=1S/C22H25ClN4O7S3/c1-11-10-12(2)19(34-37(31,32)27(5)6)13(3)18(11)24-21(28)15-8-7-9-16(20(15)35)36(29,30)26-22-17(23)14(4)25-33-22/h7-10,16,26H,1-6H3,(H,24,28). The first-order chi connectivity index (χ1) is 17.1. The van der Waals surface area contributed by atoms with Gasteiger partial charge in [0.15, 0.2) is 5.75 Å². The third kappa shape index (κ3) is 5.88. The molecule has 1 atom stereocenters. The first-order valence-electron chi connectivity index (χ1n) is 10.7. The summed E-state index contributed by atoms with van der Waals surface area (Å²) in [5, 5.41) is 4.94. The molecule has 0 saturated carbocycles. The number of halogens is 1. The van der Waals surface area contributed by atoms with Gasteiger partial charge in [-0.1, -0.05) is 47.2 Å². The maximum Gasteiger partial charge on any atom is 0.384 e. The molecule has 1 aliphatic rings. The van der Waals surface area contributed by atoms with Crippen molar-refractivity contribution < 1.29 is 30.3 Å². The SMILES string of the molecule is Cc1cc(C)c(OS(=O)(=O)N(C)C)c(C)c1NC(=O)C1=CC=CC(S(=O)(=O)Nc2onc(C)c2Cl)C1=S. The van der Waals surface area contributed by atoms with Crippen molar-refractivity contribution in [2.45, 2.75) is 32.9 Å². The maximum absolute atomic E-state index is 13.2. The number of hydrogen-bond donors (Lipinski definition) is 2. The van der Waals surface area contributed by atoms with Crippen LogP contribution in [-0.4, -0.2) is 56.4 Å². The number of amides is 1. The largest absolute Gasteiger partial charge is 0.384 e. The molecular formula is C22H25ClN4O7S3. The van der Waals surface area contributed by atoms with Gasteiger partial charge < -0.3 is 14.0 Å². The number of nitrogens with one attached hydrogen (secondary N) is 2. The van der Waals surface area contributed by atoms with E-state index in [1.165, 1.54) is 32.3 Å². The molecule has 2 N–H and O–H groups in total. The van der Waals surface area contributed by atoms with Gasteiger partial charge in [0.1, 0.15) is 16.0 Å². The zero-order valence-electron chi connectivity index (χ0n) is 20.7. The summed E-state index contributed by atoms with van der Waals surface area (Å²) in [6.07, 6.45) is 4.11. The van der Waals surface area contributed by atoms with Crippen molar-refractivity contribution in [3.8, 4) is 5.75 Å². The van der Waals surface area contributed by atoms with E-state index >= 15 is 0 Å². The van der Waals surface area contributed by atoms with Crippen molar-refractivity contribution in [2.24, 2.45) is 0 Å². The summed E-state index contributed by atoms with van der Waals surface area (Å²) >= 11 is 11.4. The summed E-state index contributed by atoms with van der Waals surface area (Å²) in [5.74, 6) is -0.875. The lowest BCUT2D eigenvalue weighted by Gasteiger charge is -2.22. The van der Waals surface area contributed by atoms with E-state index in [2.05, 4.69) is 15.2 Å². The normalized spacial score (nSPS) is 16.1. The van der Waals surface area contributed by atoms with Gasteiger partial charge in [0.25, 0.3) is 11.8 Å². The van der Waals surface area contributed by atoms with Gasteiger partial charge in [-0.15, -0.1) is 0 Å². The zero-order valence-corrected chi connectivity index (χ0v) is 23.9. The summed E-state index contributed by atoms with van der Waals surface area (Å²) in [7, 11) is -5.59. The molecule has 11 nitrogen and oxygen atoms in total. The van der Waals surface area contributed by atoms with E-state index in [4.69, 9.17) is 32.5 Å². The van der Waals surface area contributed by atoms with Crippen LogP contribution in [0.4, 0.5) is 11.6 Å². The third-order valence-electron chi connectivity index (χ3n) is 5.45. The second-order valence-corrected chi connectivity index (χ2v) is 12.8. The summed E-state index contributed by atoms with van der Waals surface area (Å²) in [6, 6.07) is 1.66. The van der Waals surface area contributed by atoms with E-state index < -0.39 is 31.5 Å². The molecule has 200 valence electrons. The fraction of sp³-hybridized carbons (Fsp3) is 0.318. The Labute approximate surface area is 225 Å². The number of rotatable bonds is 8. The van der Waals surface area contributed by atoms with Crippen molar-refractivity contribution in [3.63, 3.8) is 0 Å². The minimum absolute atomic E-state index is 0.00224. The Kier molecular flexibility index (Phi) is 8.19. The van der Waals surface area contributed by atoms with Gasteiger partial charge in [0, 0.05) is 19.7 Å². The lowest BCUT2D eigenvalue weighted by Crippen LogP contribution is -2.37. The predicted molar refractivity (Wildman–Crippen MR) is 145 cm³/mol. The molecule has 0 aliphatic heterocycles. The predicted octanol–water partition coefficient (Wildman–Crippen LogP) is 3.36. The van der Waals surface area contributed by atoms with Crippen molar-refractivity contribution in [2.75, 3.05) is 24.1 Å². The molecule has 1 heterocycles. The average molecular weight is 589 g/mol. The molecule has 15 heteroatoms. The Morgan fingerprint density at radius 2 is 1.81 bits per heavy atom. The Morgan fingerprint density at radius 3 is 2.38 bits per heavy atom. The van der Waals surface area contributed by atoms with Crippen LogP contribution in [0.5, 0.6) is 5.75 Å². The van der Waals surface area contributed by atoms with Gasteiger partial charge in [-0.3, -0.25) is 4.79 Å². The lowest BCUT2D eigenvalue weighted by atomic mass is 10.0. The van der Waals surface area contributed by atoms with Gasteiger partial charge in [-0.05, 0) is 44.9 Å². The Balaban J connectivity index is 1.88. The highest BCUT2D eigenvalue weighted by atomic mass is 35.5. The minimum atomic E-state index is -4.20. The monoisotopic (exact) mass is 588 g/mol. The molecule has 1 aliphatic carbocycles. The number of benzene rings is 1. The number of nitrogens with zero attached hydrogens (tertiary/aromatic N) is 2. The fourth-order valence-corrected chi connectivity index (χ4v) is 6.11. The van der Waals surface area contributed by atoms with Crippen molar-refractivity contribution in [3.05, 3.63) is 57.3 Å². The number of allylic oxidation sites excluding steroid dienone is 2.